The second kappa shape index (κ2) is 5.26. The SMILES string of the molecule is Fc1ccc2nc(SCN3CCNCC3)[nH]c2c1. The maximum absolute atomic E-state index is 13.1. The van der Waals surface area contributed by atoms with E-state index in [-0.39, 0.29) is 5.82 Å². The van der Waals surface area contributed by atoms with Crippen molar-refractivity contribution in [1.29, 1.82) is 0 Å². The van der Waals surface area contributed by atoms with E-state index in [1.807, 2.05) is 0 Å². The zero-order valence-electron chi connectivity index (χ0n) is 9.95. The van der Waals surface area contributed by atoms with Gasteiger partial charge < -0.3 is 10.3 Å². The van der Waals surface area contributed by atoms with E-state index >= 15 is 0 Å². The van der Waals surface area contributed by atoms with Crippen LogP contribution in [0.25, 0.3) is 11.0 Å². The maximum Gasteiger partial charge on any atom is 0.167 e. The molecule has 2 aromatic rings. The Labute approximate surface area is 109 Å². The summed E-state index contributed by atoms with van der Waals surface area (Å²) in [5.41, 5.74) is 1.58. The minimum atomic E-state index is -0.232. The number of thioether (sulfide) groups is 1. The Morgan fingerprint density at radius 1 is 1.33 bits per heavy atom. The third kappa shape index (κ3) is 2.66. The number of nitrogens with zero attached hydrogens (tertiary/aromatic N) is 2. The van der Waals surface area contributed by atoms with Gasteiger partial charge in [0.15, 0.2) is 5.16 Å². The van der Waals surface area contributed by atoms with Crippen molar-refractivity contribution >= 4 is 22.8 Å². The quantitative estimate of drug-likeness (QED) is 0.829. The van der Waals surface area contributed by atoms with E-state index in [1.54, 1.807) is 17.8 Å². The van der Waals surface area contributed by atoms with Gasteiger partial charge in [-0.2, -0.15) is 0 Å². The molecule has 18 heavy (non-hydrogen) atoms. The van der Waals surface area contributed by atoms with Gasteiger partial charge in [0.1, 0.15) is 5.82 Å². The molecule has 4 nitrogen and oxygen atoms in total. The summed E-state index contributed by atoms with van der Waals surface area (Å²) in [6, 6.07) is 4.63. The van der Waals surface area contributed by atoms with Crippen LogP contribution in [0.2, 0.25) is 0 Å². The molecule has 0 spiro atoms. The Kier molecular flexibility index (Phi) is 3.49. The number of aromatic nitrogens is 2. The minimum Gasteiger partial charge on any atom is -0.333 e. The number of H-pyrrole nitrogens is 1. The number of halogens is 1. The average molecular weight is 266 g/mol. The molecule has 1 aromatic carbocycles. The van der Waals surface area contributed by atoms with Gasteiger partial charge >= 0.3 is 0 Å². The van der Waals surface area contributed by atoms with Gasteiger partial charge in [-0.3, -0.25) is 4.90 Å². The summed E-state index contributed by atoms with van der Waals surface area (Å²) < 4.78 is 13.1. The summed E-state index contributed by atoms with van der Waals surface area (Å²) in [5, 5.41) is 4.18. The van der Waals surface area contributed by atoms with Crippen molar-refractivity contribution in [2.24, 2.45) is 0 Å². The number of imidazole rings is 1. The Balaban J connectivity index is 1.67. The molecule has 1 aromatic heterocycles. The van der Waals surface area contributed by atoms with E-state index in [0.717, 1.165) is 48.2 Å². The number of benzene rings is 1. The summed E-state index contributed by atoms with van der Waals surface area (Å²) in [6.45, 7) is 4.24. The van der Waals surface area contributed by atoms with Crippen molar-refractivity contribution in [3.8, 4) is 0 Å². The molecule has 6 heteroatoms. The summed E-state index contributed by atoms with van der Waals surface area (Å²) in [4.78, 5) is 9.97. The topological polar surface area (TPSA) is 44.0 Å². The molecule has 0 aliphatic carbocycles. The monoisotopic (exact) mass is 266 g/mol. The molecule has 0 unspecified atom stereocenters. The van der Waals surface area contributed by atoms with E-state index < -0.39 is 0 Å². The van der Waals surface area contributed by atoms with Crippen LogP contribution < -0.4 is 5.32 Å². The van der Waals surface area contributed by atoms with Gasteiger partial charge in [-0.15, -0.1) is 0 Å². The van der Waals surface area contributed by atoms with Gasteiger partial charge in [0.2, 0.25) is 0 Å². The van der Waals surface area contributed by atoms with Crippen molar-refractivity contribution in [2.75, 3.05) is 32.1 Å². The molecule has 0 atom stereocenters. The summed E-state index contributed by atoms with van der Waals surface area (Å²) in [5.74, 6) is 0.689. The van der Waals surface area contributed by atoms with E-state index in [9.17, 15) is 4.39 Å². The molecular weight excluding hydrogens is 251 g/mol. The zero-order valence-corrected chi connectivity index (χ0v) is 10.8. The largest absolute Gasteiger partial charge is 0.333 e. The zero-order chi connectivity index (χ0) is 12.4. The van der Waals surface area contributed by atoms with Gasteiger partial charge in [-0.25, -0.2) is 9.37 Å². The molecule has 0 saturated carbocycles. The summed E-state index contributed by atoms with van der Waals surface area (Å²) in [6.07, 6.45) is 0. The fraction of sp³-hybridized carbons (Fsp3) is 0.417. The number of nitrogens with one attached hydrogen (secondary N) is 2. The van der Waals surface area contributed by atoms with Crippen molar-refractivity contribution in [3.05, 3.63) is 24.0 Å². The Hall–Kier alpha value is -1.11. The Morgan fingerprint density at radius 2 is 2.17 bits per heavy atom. The molecule has 0 amide bonds. The van der Waals surface area contributed by atoms with Gasteiger partial charge in [-0.1, -0.05) is 11.8 Å². The van der Waals surface area contributed by atoms with Crippen LogP contribution in [0.3, 0.4) is 0 Å². The lowest BCUT2D eigenvalue weighted by Gasteiger charge is -2.26. The lowest BCUT2D eigenvalue weighted by molar-refractivity contribution is 0.280. The number of hydrogen-bond donors (Lipinski definition) is 2. The highest BCUT2D eigenvalue weighted by Gasteiger charge is 2.11. The lowest BCUT2D eigenvalue weighted by Crippen LogP contribution is -2.43. The smallest absolute Gasteiger partial charge is 0.167 e. The van der Waals surface area contributed by atoms with Crippen molar-refractivity contribution in [2.45, 2.75) is 5.16 Å². The summed E-state index contributed by atoms with van der Waals surface area (Å²) >= 11 is 1.67. The Morgan fingerprint density at radius 3 is 3.00 bits per heavy atom. The first kappa shape index (κ1) is 12.0. The first-order valence-electron chi connectivity index (χ1n) is 6.02. The molecular formula is C12H15FN4S. The van der Waals surface area contributed by atoms with E-state index in [1.165, 1.54) is 12.1 Å². The number of aromatic amines is 1. The fourth-order valence-corrected chi connectivity index (χ4v) is 2.93. The van der Waals surface area contributed by atoms with Crippen LogP contribution >= 0.6 is 11.8 Å². The molecule has 1 aliphatic rings. The first-order valence-corrected chi connectivity index (χ1v) is 7.01. The predicted molar refractivity (Wildman–Crippen MR) is 71.2 cm³/mol. The van der Waals surface area contributed by atoms with Crippen LogP contribution in [-0.4, -0.2) is 46.9 Å². The number of rotatable bonds is 3. The van der Waals surface area contributed by atoms with Gasteiger partial charge in [0.05, 0.1) is 16.9 Å². The van der Waals surface area contributed by atoms with Crippen LogP contribution in [0.1, 0.15) is 0 Å². The van der Waals surface area contributed by atoms with E-state index in [4.69, 9.17) is 0 Å². The van der Waals surface area contributed by atoms with Crippen LogP contribution in [0.5, 0.6) is 0 Å². The molecule has 1 saturated heterocycles. The molecule has 2 heterocycles. The molecule has 1 aliphatic heterocycles. The molecule has 2 N–H and O–H groups in total. The van der Waals surface area contributed by atoms with Gasteiger partial charge in [0.25, 0.3) is 0 Å². The minimum absolute atomic E-state index is 0.232. The van der Waals surface area contributed by atoms with Crippen molar-refractivity contribution in [1.82, 2.24) is 20.2 Å². The predicted octanol–water partition coefficient (Wildman–Crippen LogP) is 1.66. The highest BCUT2D eigenvalue weighted by Crippen LogP contribution is 2.20. The molecule has 3 rings (SSSR count). The normalized spacial score (nSPS) is 17.4. The fourth-order valence-electron chi connectivity index (χ4n) is 2.02. The highest BCUT2D eigenvalue weighted by molar-refractivity contribution is 7.99. The third-order valence-electron chi connectivity index (χ3n) is 3.02. The molecule has 0 radical (unpaired) electrons. The maximum atomic E-state index is 13.1. The first-order chi connectivity index (χ1) is 8.81. The van der Waals surface area contributed by atoms with Crippen LogP contribution in [0.4, 0.5) is 4.39 Å². The lowest BCUT2D eigenvalue weighted by atomic mass is 10.3. The van der Waals surface area contributed by atoms with Crippen LogP contribution in [-0.2, 0) is 0 Å². The average Bonchev–Trinajstić information content (AvgIpc) is 2.79. The van der Waals surface area contributed by atoms with Gasteiger partial charge in [0, 0.05) is 26.2 Å². The molecule has 1 fully saturated rings. The Bertz CT molecular complexity index is 536. The molecule has 0 bridgehead atoms. The van der Waals surface area contributed by atoms with Crippen molar-refractivity contribution < 1.29 is 4.39 Å². The number of hydrogen-bond acceptors (Lipinski definition) is 4. The number of piperazine rings is 1. The van der Waals surface area contributed by atoms with E-state index in [0.29, 0.717) is 0 Å². The second-order valence-electron chi connectivity index (χ2n) is 4.34. The van der Waals surface area contributed by atoms with Gasteiger partial charge in [-0.05, 0) is 18.2 Å². The van der Waals surface area contributed by atoms with Crippen LogP contribution in [0.15, 0.2) is 23.4 Å². The second-order valence-corrected chi connectivity index (χ2v) is 5.28. The highest BCUT2D eigenvalue weighted by atomic mass is 32.2. The van der Waals surface area contributed by atoms with Crippen molar-refractivity contribution in [3.63, 3.8) is 0 Å². The third-order valence-corrected chi connectivity index (χ3v) is 3.98. The molecule has 96 valence electrons. The summed E-state index contributed by atoms with van der Waals surface area (Å²) in [7, 11) is 0. The van der Waals surface area contributed by atoms with Crippen LogP contribution in [0, 0.1) is 5.82 Å². The van der Waals surface area contributed by atoms with E-state index in [2.05, 4.69) is 20.2 Å². The standard InChI is InChI=1S/C12H15FN4S/c13-9-1-2-10-11(7-9)16-12(15-10)18-8-17-5-3-14-4-6-17/h1-2,7,14H,3-6,8H2,(H,15,16). The number of fused-ring (bicyclic) bond motifs is 1.